The highest BCUT2D eigenvalue weighted by atomic mass is 16.6. The lowest BCUT2D eigenvalue weighted by Gasteiger charge is -2.18. The lowest BCUT2D eigenvalue weighted by molar-refractivity contribution is 0.0404. The van der Waals surface area contributed by atoms with E-state index in [1.54, 1.807) is 0 Å². The Morgan fingerprint density at radius 1 is 0.667 bits per heavy atom. The molecule has 6 heteroatoms. The predicted octanol–water partition coefficient (Wildman–Crippen LogP) is 5.73. The Bertz CT molecular complexity index is 883. The van der Waals surface area contributed by atoms with E-state index in [9.17, 15) is 0 Å². The molecule has 2 aromatic carbocycles. The van der Waals surface area contributed by atoms with Gasteiger partial charge in [0, 0.05) is 12.8 Å². The van der Waals surface area contributed by atoms with Gasteiger partial charge in [-0.2, -0.15) is 0 Å². The van der Waals surface area contributed by atoms with Gasteiger partial charge < -0.3 is 28.4 Å². The van der Waals surface area contributed by atoms with Crippen LogP contribution in [0, 0.1) is 27.7 Å². The summed E-state index contributed by atoms with van der Waals surface area (Å²) in [6.07, 6.45) is 2.63. The molecule has 0 spiro atoms. The van der Waals surface area contributed by atoms with Gasteiger partial charge in [0.15, 0.2) is 0 Å². The van der Waals surface area contributed by atoms with E-state index in [4.69, 9.17) is 28.4 Å². The summed E-state index contributed by atoms with van der Waals surface area (Å²) in [4.78, 5) is 0. The van der Waals surface area contributed by atoms with Crippen molar-refractivity contribution in [1.29, 1.82) is 0 Å². The number of rotatable bonds is 15. The zero-order chi connectivity index (χ0) is 25.7. The molecular weight excluding hydrogens is 456 g/mol. The van der Waals surface area contributed by atoms with Crippen molar-refractivity contribution in [2.24, 2.45) is 0 Å². The largest absolute Gasteiger partial charge is 0.493 e. The summed E-state index contributed by atoms with van der Waals surface area (Å²) < 4.78 is 34.4. The van der Waals surface area contributed by atoms with Crippen LogP contribution in [0.25, 0.3) is 11.1 Å². The van der Waals surface area contributed by atoms with Crippen LogP contribution in [0.2, 0.25) is 0 Å². The third kappa shape index (κ3) is 7.94. The molecule has 0 aliphatic carbocycles. The van der Waals surface area contributed by atoms with Crippen LogP contribution in [0.1, 0.15) is 48.9 Å². The number of benzene rings is 2. The zero-order valence-corrected chi connectivity index (χ0v) is 22.7. The molecule has 0 amide bonds. The highest BCUT2D eigenvalue weighted by molar-refractivity contribution is 5.70. The highest BCUT2D eigenvalue weighted by Crippen LogP contribution is 2.34. The Hall–Kier alpha value is -2.12. The van der Waals surface area contributed by atoms with Crippen LogP contribution in [-0.4, -0.2) is 64.1 Å². The molecule has 198 valence electrons. The molecule has 2 aliphatic rings. The van der Waals surface area contributed by atoms with Crippen molar-refractivity contribution >= 4 is 0 Å². The summed E-state index contributed by atoms with van der Waals surface area (Å²) in [5.74, 6) is 1.93. The van der Waals surface area contributed by atoms with Gasteiger partial charge in [-0.15, -0.1) is 0 Å². The Kier molecular flexibility index (Phi) is 9.29. The maximum absolute atomic E-state index is 6.17. The maximum atomic E-state index is 6.17. The molecule has 2 heterocycles. The molecule has 0 bridgehead atoms. The van der Waals surface area contributed by atoms with Gasteiger partial charge in [0.25, 0.3) is 0 Å². The molecule has 0 radical (unpaired) electrons. The van der Waals surface area contributed by atoms with Gasteiger partial charge in [-0.05, 0) is 99.2 Å². The van der Waals surface area contributed by atoms with Crippen molar-refractivity contribution in [3.8, 4) is 22.6 Å². The Labute approximate surface area is 216 Å². The van der Waals surface area contributed by atoms with E-state index < -0.39 is 0 Å². The summed E-state index contributed by atoms with van der Waals surface area (Å²) >= 11 is 0. The second-order valence-electron chi connectivity index (χ2n) is 10.4. The molecular formula is C30H42O6. The molecule has 36 heavy (non-hydrogen) atoms. The van der Waals surface area contributed by atoms with Gasteiger partial charge in [0.05, 0.1) is 51.8 Å². The minimum Gasteiger partial charge on any atom is -0.493 e. The maximum Gasteiger partial charge on any atom is 0.125 e. The minimum absolute atomic E-state index is 0.161. The van der Waals surface area contributed by atoms with E-state index >= 15 is 0 Å². The third-order valence-corrected chi connectivity index (χ3v) is 6.73. The van der Waals surface area contributed by atoms with Crippen LogP contribution in [0.5, 0.6) is 11.5 Å². The van der Waals surface area contributed by atoms with E-state index in [0.29, 0.717) is 38.6 Å². The van der Waals surface area contributed by atoms with Gasteiger partial charge in [0.2, 0.25) is 0 Å². The van der Waals surface area contributed by atoms with Crippen molar-refractivity contribution in [1.82, 2.24) is 0 Å². The fourth-order valence-corrected chi connectivity index (χ4v) is 4.38. The lowest BCUT2D eigenvalue weighted by Crippen LogP contribution is -2.16. The van der Waals surface area contributed by atoms with Gasteiger partial charge in [-0.3, -0.25) is 0 Å². The predicted molar refractivity (Wildman–Crippen MR) is 141 cm³/mol. The SMILES string of the molecule is Cc1cc(-c2cc(C)c(OCCC(C)OCC3CO3)c(C)c2)cc(C)c1OCCC(C)OCC1CO1. The van der Waals surface area contributed by atoms with Crippen LogP contribution in [0.3, 0.4) is 0 Å². The van der Waals surface area contributed by atoms with E-state index in [1.807, 2.05) is 0 Å². The van der Waals surface area contributed by atoms with Gasteiger partial charge in [-0.25, -0.2) is 0 Å². The molecule has 2 aromatic rings. The first-order valence-electron chi connectivity index (χ1n) is 13.2. The van der Waals surface area contributed by atoms with Crippen molar-refractivity contribution in [2.45, 2.75) is 78.8 Å². The van der Waals surface area contributed by atoms with Crippen molar-refractivity contribution < 1.29 is 28.4 Å². The summed E-state index contributed by atoms with van der Waals surface area (Å²) in [7, 11) is 0. The quantitative estimate of drug-likeness (QED) is 0.292. The Morgan fingerprint density at radius 2 is 1.00 bits per heavy atom. The zero-order valence-electron chi connectivity index (χ0n) is 22.7. The van der Waals surface area contributed by atoms with Crippen molar-refractivity contribution in [3.63, 3.8) is 0 Å². The molecule has 0 aromatic heterocycles. The van der Waals surface area contributed by atoms with E-state index in [-0.39, 0.29) is 12.2 Å². The molecule has 4 rings (SSSR count). The number of hydrogen-bond donors (Lipinski definition) is 0. The van der Waals surface area contributed by atoms with Gasteiger partial charge >= 0.3 is 0 Å². The Morgan fingerprint density at radius 3 is 1.31 bits per heavy atom. The van der Waals surface area contributed by atoms with Crippen molar-refractivity contribution in [3.05, 3.63) is 46.5 Å². The number of hydrogen-bond acceptors (Lipinski definition) is 6. The second-order valence-corrected chi connectivity index (χ2v) is 10.4. The van der Waals surface area contributed by atoms with E-state index in [2.05, 4.69) is 65.8 Å². The molecule has 6 nitrogen and oxygen atoms in total. The fraction of sp³-hybridized carbons (Fsp3) is 0.600. The van der Waals surface area contributed by atoms with Gasteiger partial charge in [0.1, 0.15) is 23.7 Å². The van der Waals surface area contributed by atoms with E-state index in [1.165, 1.54) is 11.1 Å². The third-order valence-electron chi connectivity index (χ3n) is 6.73. The fourth-order valence-electron chi connectivity index (χ4n) is 4.38. The lowest BCUT2D eigenvalue weighted by atomic mass is 9.96. The normalized spacial score (nSPS) is 20.2. The van der Waals surface area contributed by atoms with Crippen LogP contribution in [0.4, 0.5) is 0 Å². The molecule has 2 fully saturated rings. The molecule has 2 aliphatic heterocycles. The molecule has 0 saturated carbocycles. The first kappa shape index (κ1) is 26.9. The van der Waals surface area contributed by atoms with Crippen molar-refractivity contribution in [2.75, 3.05) is 39.6 Å². The monoisotopic (exact) mass is 498 g/mol. The second kappa shape index (κ2) is 12.4. The number of epoxide rings is 2. The summed E-state index contributed by atoms with van der Waals surface area (Å²) in [5.41, 5.74) is 6.97. The van der Waals surface area contributed by atoms with Gasteiger partial charge in [-0.1, -0.05) is 0 Å². The molecule has 2 saturated heterocycles. The highest BCUT2D eigenvalue weighted by Gasteiger charge is 2.24. The molecule has 4 unspecified atom stereocenters. The first-order chi connectivity index (χ1) is 17.3. The number of ether oxygens (including phenoxy) is 6. The smallest absolute Gasteiger partial charge is 0.125 e. The minimum atomic E-state index is 0.161. The summed E-state index contributed by atoms with van der Waals surface area (Å²) in [6, 6.07) is 8.85. The average Bonchev–Trinajstić information content (AvgIpc) is 3.74. The molecule has 0 N–H and O–H groups in total. The average molecular weight is 499 g/mol. The molecule has 4 atom stereocenters. The Balaban J connectivity index is 1.31. The topological polar surface area (TPSA) is 62.0 Å². The van der Waals surface area contributed by atoms with Crippen LogP contribution in [0.15, 0.2) is 24.3 Å². The van der Waals surface area contributed by atoms with Crippen LogP contribution >= 0.6 is 0 Å². The summed E-state index contributed by atoms with van der Waals surface area (Å²) in [5, 5.41) is 0. The van der Waals surface area contributed by atoms with E-state index in [0.717, 1.165) is 59.8 Å². The summed E-state index contributed by atoms with van der Waals surface area (Å²) in [6.45, 7) is 16.9. The first-order valence-corrected chi connectivity index (χ1v) is 13.2. The standard InChI is InChI=1S/C30H42O6/c1-19-11-25(12-20(2)29(19)31-9-7-23(5)33-15-27-17-35-27)26-13-21(3)30(22(4)14-26)32-10-8-24(6)34-16-28-18-36-28/h11-14,23-24,27-28H,7-10,15-18H2,1-6H3. The number of aryl methyl sites for hydroxylation is 4. The van der Waals surface area contributed by atoms with Crippen LogP contribution < -0.4 is 9.47 Å². The van der Waals surface area contributed by atoms with Crippen LogP contribution in [-0.2, 0) is 18.9 Å².